The van der Waals surface area contributed by atoms with Crippen LogP contribution in [0, 0.1) is 5.92 Å². The number of ether oxygens (including phenoxy) is 1. The first-order valence-electron chi connectivity index (χ1n) is 7.90. The first-order valence-corrected chi connectivity index (χ1v) is 7.90. The molecule has 22 heavy (non-hydrogen) atoms. The molecular formula is C18H22N2O2. The van der Waals surface area contributed by atoms with Gasteiger partial charge in [0.1, 0.15) is 5.75 Å². The Morgan fingerprint density at radius 2 is 2.00 bits per heavy atom. The van der Waals surface area contributed by atoms with Crippen LogP contribution in [0.1, 0.15) is 43.0 Å². The molecule has 4 heteroatoms. The first-order chi connectivity index (χ1) is 10.7. The van der Waals surface area contributed by atoms with E-state index in [9.17, 15) is 4.79 Å². The molecule has 0 radical (unpaired) electrons. The van der Waals surface area contributed by atoms with E-state index in [0.29, 0.717) is 11.6 Å². The van der Waals surface area contributed by atoms with Crippen LogP contribution in [0.25, 0.3) is 10.9 Å². The number of methoxy groups -OCH3 is 1. The maximum absolute atomic E-state index is 12.4. The zero-order valence-corrected chi connectivity index (χ0v) is 13.1. The second-order valence-electron chi connectivity index (χ2n) is 6.21. The minimum atomic E-state index is -0.0308. The number of amides is 1. The lowest BCUT2D eigenvalue weighted by atomic mass is 9.87. The molecule has 3 rings (SSSR count). The van der Waals surface area contributed by atoms with Gasteiger partial charge >= 0.3 is 0 Å². The van der Waals surface area contributed by atoms with E-state index >= 15 is 0 Å². The van der Waals surface area contributed by atoms with Crippen LogP contribution in [0.5, 0.6) is 5.75 Å². The lowest BCUT2D eigenvalue weighted by molar-refractivity contribution is 0.0923. The molecule has 116 valence electrons. The van der Waals surface area contributed by atoms with Crippen molar-refractivity contribution >= 4 is 16.8 Å². The van der Waals surface area contributed by atoms with E-state index in [2.05, 4.69) is 17.2 Å². The number of hydrogen-bond acceptors (Lipinski definition) is 3. The minimum Gasteiger partial charge on any atom is -0.497 e. The smallest absolute Gasteiger partial charge is 0.253 e. The van der Waals surface area contributed by atoms with E-state index < -0.39 is 0 Å². The number of aromatic nitrogens is 1. The Bertz CT molecular complexity index is 676. The van der Waals surface area contributed by atoms with E-state index in [0.717, 1.165) is 35.4 Å². The third-order valence-electron chi connectivity index (χ3n) is 4.50. The van der Waals surface area contributed by atoms with Crippen LogP contribution < -0.4 is 10.1 Å². The van der Waals surface area contributed by atoms with Crippen LogP contribution in [0.4, 0.5) is 0 Å². The fourth-order valence-electron chi connectivity index (χ4n) is 3.03. The van der Waals surface area contributed by atoms with Gasteiger partial charge in [0.2, 0.25) is 0 Å². The lowest BCUT2D eigenvalue weighted by Gasteiger charge is -2.26. The summed E-state index contributed by atoms with van der Waals surface area (Å²) in [5.41, 5.74) is 1.48. The van der Waals surface area contributed by atoms with Crippen molar-refractivity contribution in [3.8, 4) is 5.75 Å². The molecule has 0 saturated heterocycles. The van der Waals surface area contributed by atoms with Crippen molar-refractivity contribution in [1.29, 1.82) is 0 Å². The third kappa shape index (κ3) is 3.21. The molecule has 0 atom stereocenters. The minimum absolute atomic E-state index is 0.0308. The zero-order valence-electron chi connectivity index (χ0n) is 13.1. The van der Waals surface area contributed by atoms with Crippen molar-refractivity contribution in [2.45, 2.75) is 38.6 Å². The molecule has 2 aromatic rings. The molecule has 1 N–H and O–H groups in total. The molecule has 1 saturated carbocycles. The summed E-state index contributed by atoms with van der Waals surface area (Å²) >= 11 is 0. The van der Waals surface area contributed by atoms with E-state index in [-0.39, 0.29) is 5.91 Å². The van der Waals surface area contributed by atoms with E-state index in [1.807, 2.05) is 24.3 Å². The number of nitrogens with one attached hydrogen (secondary N) is 1. The van der Waals surface area contributed by atoms with Crippen LogP contribution in [0.3, 0.4) is 0 Å². The molecule has 0 bridgehead atoms. The Morgan fingerprint density at radius 1 is 1.23 bits per heavy atom. The highest BCUT2D eigenvalue weighted by molar-refractivity contribution is 5.97. The Balaban J connectivity index is 1.75. The van der Waals surface area contributed by atoms with Gasteiger partial charge in [-0.05, 0) is 55.9 Å². The topological polar surface area (TPSA) is 51.2 Å². The average molecular weight is 298 g/mol. The van der Waals surface area contributed by atoms with Gasteiger partial charge in [0.15, 0.2) is 0 Å². The molecule has 0 spiro atoms. The zero-order chi connectivity index (χ0) is 15.5. The van der Waals surface area contributed by atoms with Crippen molar-refractivity contribution in [3.05, 3.63) is 36.0 Å². The molecule has 0 unspecified atom stereocenters. The molecule has 1 aromatic heterocycles. The van der Waals surface area contributed by atoms with E-state index in [1.54, 1.807) is 13.3 Å². The number of pyridine rings is 1. The molecule has 1 heterocycles. The number of rotatable bonds is 3. The second-order valence-corrected chi connectivity index (χ2v) is 6.21. The van der Waals surface area contributed by atoms with Gasteiger partial charge in [0.05, 0.1) is 18.2 Å². The highest BCUT2D eigenvalue weighted by Crippen LogP contribution is 2.24. The molecular weight excluding hydrogens is 276 g/mol. The number of carbonyl (C=O) groups is 1. The summed E-state index contributed by atoms with van der Waals surface area (Å²) in [5.74, 6) is 1.52. The number of hydrogen-bond donors (Lipinski definition) is 1. The maximum atomic E-state index is 12.4. The van der Waals surface area contributed by atoms with Crippen LogP contribution in [-0.4, -0.2) is 24.0 Å². The Labute approximate surface area is 130 Å². The second kappa shape index (κ2) is 6.34. The summed E-state index contributed by atoms with van der Waals surface area (Å²) < 4.78 is 5.23. The van der Waals surface area contributed by atoms with Gasteiger partial charge in [-0.2, -0.15) is 0 Å². The fraction of sp³-hybridized carbons (Fsp3) is 0.444. The Morgan fingerprint density at radius 3 is 2.73 bits per heavy atom. The number of benzene rings is 1. The molecule has 0 aliphatic heterocycles. The van der Waals surface area contributed by atoms with Gasteiger partial charge in [0, 0.05) is 17.6 Å². The number of carbonyl (C=O) groups excluding carboxylic acids is 1. The van der Waals surface area contributed by atoms with Gasteiger partial charge in [-0.1, -0.05) is 6.92 Å². The van der Waals surface area contributed by atoms with Crippen LogP contribution in [-0.2, 0) is 0 Å². The third-order valence-corrected chi connectivity index (χ3v) is 4.50. The Kier molecular flexibility index (Phi) is 4.27. The standard InChI is InChI=1S/C18H22N2O2/c1-12-3-5-15(6-4-12)20-18(21)14-9-13-10-16(22-2)7-8-17(13)19-11-14/h7-12,15H,3-6H2,1-2H3,(H,20,21). The average Bonchev–Trinajstić information content (AvgIpc) is 2.55. The normalized spacial score (nSPS) is 21.5. The summed E-state index contributed by atoms with van der Waals surface area (Å²) in [6.45, 7) is 2.28. The number of fused-ring (bicyclic) bond motifs is 1. The lowest BCUT2D eigenvalue weighted by Crippen LogP contribution is -2.37. The summed E-state index contributed by atoms with van der Waals surface area (Å²) in [4.78, 5) is 16.8. The van der Waals surface area contributed by atoms with Gasteiger partial charge in [-0.25, -0.2) is 0 Å². The summed E-state index contributed by atoms with van der Waals surface area (Å²) in [5, 5.41) is 4.06. The van der Waals surface area contributed by atoms with Crippen molar-refractivity contribution in [1.82, 2.24) is 10.3 Å². The summed E-state index contributed by atoms with van der Waals surface area (Å²) in [7, 11) is 1.63. The van der Waals surface area contributed by atoms with Crippen LogP contribution >= 0.6 is 0 Å². The van der Waals surface area contributed by atoms with Gasteiger partial charge < -0.3 is 10.1 Å². The van der Waals surface area contributed by atoms with Crippen molar-refractivity contribution in [3.63, 3.8) is 0 Å². The quantitative estimate of drug-likeness (QED) is 0.942. The van der Waals surface area contributed by atoms with Gasteiger partial charge in [0.25, 0.3) is 5.91 Å². The monoisotopic (exact) mass is 298 g/mol. The molecule has 1 aliphatic carbocycles. The van der Waals surface area contributed by atoms with Crippen LogP contribution in [0.2, 0.25) is 0 Å². The SMILES string of the molecule is COc1ccc2ncc(C(=O)NC3CCC(C)CC3)cc2c1. The van der Waals surface area contributed by atoms with E-state index in [4.69, 9.17) is 4.74 Å². The van der Waals surface area contributed by atoms with Crippen molar-refractivity contribution < 1.29 is 9.53 Å². The largest absolute Gasteiger partial charge is 0.497 e. The predicted octanol–water partition coefficient (Wildman–Crippen LogP) is 3.55. The molecule has 1 fully saturated rings. The van der Waals surface area contributed by atoms with Gasteiger partial charge in [-0.3, -0.25) is 9.78 Å². The number of nitrogens with zero attached hydrogens (tertiary/aromatic N) is 1. The maximum Gasteiger partial charge on any atom is 0.253 e. The van der Waals surface area contributed by atoms with Crippen LogP contribution in [0.15, 0.2) is 30.5 Å². The highest BCUT2D eigenvalue weighted by Gasteiger charge is 2.20. The van der Waals surface area contributed by atoms with Gasteiger partial charge in [-0.15, -0.1) is 0 Å². The van der Waals surface area contributed by atoms with E-state index in [1.165, 1.54) is 12.8 Å². The fourth-order valence-corrected chi connectivity index (χ4v) is 3.03. The molecule has 1 aliphatic rings. The molecule has 1 amide bonds. The summed E-state index contributed by atoms with van der Waals surface area (Å²) in [6, 6.07) is 7.86. The summed E-state index contributed by atoms with van der Waals surface area (Å²) in [6.07, 6.45) is 6.18. The first kappa shape index (κ1) is 14.8. The highest BCUT2D eigenvalue weighted by atomic mass is 16.5. The Hall–Kier alpha value is -2.10. The van der Waals surface area contributed by atoms with Crippen molar-refractivity contribution in [2.75, 3.05) is 7.11 Å². The van der Waals surface area contributed by atoms with Crippen molar-refractivity contribution in [2.24, 2.45) is 5.92 Å². The molecule has 4 nitrogen and oxygen atoms in total. The predicted molar refractivity (Wildman–Crippen MR) is 87.2 cm³/mol. The molecule has 1 aromatic carbocycles.